The smallest absolute Gasteiger partial charge is 0.263 e. The summed E-state index contributed by atoms with van der Waals surface area (Å²) < 4.78 is 11.3. The first-order chi connectivity index (χ1) is 15.9. The molecule has 0 spiro atoms. The summed E-state index contributed by atoms with van der Waals surface area (Å²) in [6.07, 6.45) is 2.11. The SMILES string of the molecule is CC1(C)Cc2nc(N3CCOc4ccc(-c5ccc6occc(=O)c6c5)cc43)sc2C(=O)N1. The van der Waals surface area contributed by atoms with Gasteiger partial charge in [0.15, 0.2) is 10.6 Å². The molecule has 1 amide bonds. The van der Waals surface area contributed by atoms with Crippen LogP contribution in [0.3, 0.4) is 0 Å². The lowest BCUT2D eigenvalue weighted by atomic mass is 9.94. The third kappa shape index (κ3) is 3.38. The van der Waals surface area contributed by atoms with E-state index in [1.165, 1.54) is 23.7 Å². The van der Waals surface area contributed by atoms with Crippen molar-refractivity contribution < 1.29 is 13.9 Å². The van der Waals surface area contributed by atoms with Crippen molar-refractivity contribution in [3.8, 4) is 16.9 Å². The van der Waals surface area contributed by atoms with Gasteiger partial charge in [-0.25, -0.2) is 4.98 Å². The van der Waals surface area contributed by atoms with E-state index in [9.17, 15) is 9.59 Å². The van der Waals surface area contributed by atoms with E-state index in [1.54, 1.807) is 0 Å². The number of fused-ring (bicyclic) bond motifs is 3. The Bertz CT molecular complexity index is 1490. The summed E-state index contributed by atoms with van der Waals surface area (Å²) in [6, 6.07) is 13.0. The number of benzene rings is 2. The van der Waals surface area contributed by atoms with Crippen LogP contribution >= 0.6 is 11.3 Å². The lowest BCUT2D eigenvalue weighted by Gasteiger charge is -2.30. The predicted octanol–water partition coefficient (Wildman–Crippen LogP) is 4.51. The molecule has 6 rings (SSSR count). The van der Waals surface area contributed by atoms with E-state index in [4.69, 9.17) is 14.1 Å². The second-order valence-electron chi connectivity index (χ2n) is 8.97. The molecular formula is C25H21N3O4S. The molecule has 33 heavy (non-hydrogen) atoms. The van der Waals surface area contributed by atoms with Crippen LogP contribution in [0.25, 0.3) is 22.1 Å². The summed E-state index contributed by atoms with van der Waals surface area (Å²) >= 11 is 1.41. The van der Waals surface area contributed by atoms with E-state index in [0.29, 0.717) is 35.4 Å². The van der Waals surface area contributed by atoms with Gasteiger partial charge in [0.1, 0.15) is 22.8 Å². The van der Waals surface area contributed by atoms with E-state index in [1.807, 2.05) is 50.2 Å². The average molecular weight is 460 g/mol. The number of thiazole rings is 1. The molecule has 0 saturated carbocycles. The second kappa shape index (κ2) is 7.18. The Labute approximate surface area is 193 Å². The molecule has 4 aromatic rings. The zero-order valence-corrected chi connectivity index (χ0v) is 19.0. The molecule has 4 heterocycles. The van der Waals surface area contributed by atoms with Gasteiger partial charge in [0, 0.05) is 18.0 Å². The first-order valence-corrected chi connectivity index (χ1v) is 11.6. The number of anilines is 2. The zero-order valence-electron chi connectivity index (χ0n) is 18.2. The first-order valence-electron chi connectivity index (χ1n) is 10.8. The Kier molecular flexibility index (Phi) is 4.35. The highest BCUT2D eigenvalue weighted by molar-refractivity contribution is 7.17. The molecule has 8 heteroatoms. The van der Waals surface area contributed by atoms with E-state index < -0.39 is 0 Å². The van der Waals surface area contributed by atoms with Gasteiger partial charge < -0.3 is 19.4 Å². The summed E-state index contributed by atoms with van der Waals surface area (Å²) in [7, 11) is 0. The summed E-state index contributed by atoms with van der Waals surface area (Å²) in [4.78, 5) is 32.5. The van der Waals surface area contributed by atoms with Crippen LogP contribution in [0.1, 0.15) is 29.2 Å². The Morgan fingerprint density at radius 3 is 2.79 bits per heavy atom. The minimum atomic E-state index is -0.311. The number of rotatable bonds is 2. The van der Waals surface area contributed by atoms with Crippen molar-refractivity contribution in [3.05, 3.63) is 69.5 Å². The number of nitrogens with one attached hydrogen (secondary N) is 1. The maximum absolute atomic E-state index is 12.6. The fourth-order valence-corrected chi connectivity index (χ4v) is 5.46. The number of amides is 1. The van der Waals surface area contributed by atoms with Gasteiger partial charge in [0.25, 0.3) is 5.91 Å². The molecule has 0 saturated heterocycles. The fourth-order valence-electron chi connectivity index (χ4n) is 4.44. The van der Waals surface area contributed by atoms with Gasteiger partial charge in [-0.3, -0.25) is 9.59 Å². The number of hydrogen-bond donors (Lipinski definition) is 1. The molecule has 0 aliphatic carbocycles. The highest BCUT2D eigenvalue weighted by Gasteiger charge is 2.34. The molecule has 2 aliphatic heterocycles. The minimum Gasteiger partial charge on any atom is -0.490 e. The number of carbonyl (C=O) groups excluding carboxylic acids is 1. The summed E-state index contributed by atoms with van der Waals surface area (Å²) in [5.74, 6) is 0.700. The van der Waals surface area contributed by atoms with Crippen molar-refractivity contribution in [2.75, 3.05) is 18.1 Å². The largest absolute Gasteiger partial charge is 0.490 e. The molecule has 0 radical (unpaired) electrons. The minimum absolute atomic E-state index is 0.0674. The van der Waals surface area contributed by atoms with Crippen LogP contribution in [0.4, 0.5) is 10.8 Å². The topological polar surface area (TPSA) is 84.7 Å². The van der Waals surface area contributed by atoms with Crippen molar-refractivity contribution >= 4 is 39.0 Å². The van der Waals surface area contributed by atoms with Crippen LogP contribution < -0.4 is 20.4 Å². The maximum Gasteiger partial charge on any atom is 0.263 e. The summed E-state index contributed by atoms with van der Waals surface area (Å²) in [5.41, 5.74) is 3.77. The molecular weight excluding hydrogens is 438 g/mol. The van der Waals surface area contributed by atoms with E-state index in [0.717, 1.165) is 33.4 Å². The van der Waals surface area contributed by atoms with Crippen LogP contribution in [0.5, 0.6) is 5.75 Å². The van der Waals surface area contributed by atoms with Crippen LogP contribution in [0, 0.1) is 0 Å². The molecule has 2 aromatic carbocycles. The Morgan fingerprint density at radius 2 is 1.91 bits per heavy atom. The van der Waals surface area contributed by atoms with Crippen LogP contribution in [0.15, 0.2) is 57.9 Å². The lowest BCUT2D eigenvalue weighted by Crippen LogP contribution is -2.48. The second-order valence-corrected chi connectivity index (χ2v) is 9.94. The third-order valence-electron chi connectivity index (χ3n) is 6.00. The van der Waals surface area contributed by atoms with Gasteiger partial charge >= 0.3 is 0 Å². The standard InChI is InChI=1S/C25H21N3O4S/c1-25(2)13-17-22(23(30)27-25)33-24(26-17)28-8-10-32-21-6-4-15(12-18(21)28)14-3-5-20-16(11-14)19(29)7-9-31-20/h3-7,9,11-12H,8,10,13H2,1-2H3,(H,27,30). The van der Waals surface area contributed by atoms with Crippen LogP contribution in [-0.2, 0) is 6.42 Å². The van der Waals surface area contributed by atoms with Gasteiger partial charge in [-0.15, -0.1) is 0 Å². The maximum atomic E-state index is 12.6. The fraction of sp³-hybridized carbons (Fsp3) is 0.240. The molecule has 1 N–H and O–H groups in total. The average Bonchev–Trinajstić information content (AvgIpc) is 3.21. The molecule has 2 aromatic heterocycles. The normalized spacial score (nSPS) is 16.7. The summed E-state index contributed by atoms with van der Waals surface area (Å²) in [6.45, 7) is 5.18. The highest BCUT2D eigenvalue weighted by atomic mass is 32.1. The van der Waals surface area contributed by atoms with E-state index in [-0.39, 0.29) is 16.9 Å². The number of aromatic nitrogens is 1. The van der Waals surface area contributed by atoms with Crippen molar-refractivity contribution in [2.45, 2.75) is 25.8 Å². The number of ether oxygens (including phenoxy) is 1. The number of hydrogen-bond acceptors (Lipinski definition) is 7. The Hall–Kier alpha value is -3.65. The molecule has 0 unspecified atom stereocenters. The van der Waals surface area contributed by atoms with Crippen molar-refractivity contribution in [1.82, 2.24) is 10.3 Å². The van der Waals surface area contributed by atoms with Gasteiger partial charge in [-0.1, -0.05) is 23.5 Å². The van der Waals surface area contributed by atoms with Gasteiger partial charge in [0.05, 0.1) is 29.6 Å². The quantitative estimate of drug-likeness (QED) is 0.475. The van der Waals surface area contributed by atoms with Crippen molar-refractivity contribution in [3.63, 3.8) is 0 Å². The highest BCUT2D eigenvalue weighted by Crippen LogP contribution is 2.42. The molecule has 166 valence electrons. The zero-order chi connectivity index (χ0) is 22.7. The van der Waals surface area contributed by atoms with Crippen LogP contribution in [0.2, 0.25) is 0 Å². The summed E-state index contributed by atoms with van der Waals surface area (Å²) in [5, 5.41) is 4.38. The van der Waals surface area contributed by atoms with Crippen molar-refractivity contribution in [1.29, 1.82) is 0 Å². The number of nitrogens with zero attached hydrogens (tertiary/aromatic N) is 2. The molecule has 0 fully saturated rings. The van der Waals surface area contributed by atoms with Gasteiger partial charge in [-0.2, -0.15) is 0 Å². The molecule has 0 atom stereocenters. The molecule has 2 aliphatic rings. The van der Waals surface area contributed by atoms with E-state index in [2.05, 4.69) is 10.2 Å². The molecule has 7 nitrogen and oxygen atoms in total. The Morgan fingerprint density at radius 1 is 1.09 bits per heavy atom. The van der Waals surface area contributed by atoms with E-state index >= 15 is 0 Å². The third-order valence-corrected chi connectivity index (χ3v) is 7.12. The predicted molar refractivity (Wildman–Crippen MR) is 128 cm³/mol. The number of carbonyl (C=O) groups is 1. The van der Waals surface area contributed by atoms with Crippen LogP contribution in [-0.4, -0.2) is 29.6 Å². The Balaban J connectivity index is 1.43. The lowest BCUT2D eigenvalue weighted by molar-refractivity contribution is 0.0901. The van der Waals surface area contributed by atoms with Gasteiger partial charge in [-0.05, 0) is 49.2 Å². The van der Waals surface area contributed by atoms with Crippen molar-refractivity contribution in [2.24, 2.45) is 0 Å². The molecule has 0 bridgehead atoms. The van der Waals surface area contributed by atoms with Gasteiger partial charge in [0.2, 0.25) is 0 Å². The first kappa shape index (κ1) is 20.0. The monoisotopic (exact) mass is 459 g/mol.